The first-order valence-electron chi connectivity index (χ1n) is 21.0. The van der Waals surface area contributed by atoms with Gasteiger partial charge in [0.25, 0.3) is 11.8 Å². The van der Waals surface area contributed by atoms with Crippen molar-refractivity contribution in [3.05, 3.63) is 173 Å². The van der Waals surface area contributed by atoms with Gasteiger partial charge in [-0.05, 0) is 70.8 Å². The van der Waals surface area contributed by atoms with Crippen LogP contribution in [0.4, 0.5) is 0 Å². The number of hydrogen-bond donors (Lipinski definition) is 4. The van der Waals surface area contributed by atoms with Crippen LogP contribution in [-0.4, -0.2) is 95.0 Å². The predicted octanol–water partition coefficient (Wildman–Crippen LogP) is 5.69. The van der Waals surface area contributed by atoms with Gasteiger partial charge >= 0.3 is 11.9 Å². The van der Waals surface area contributed by atoms with Crippen molar-refractivity contribution in [3.63, 3.8) is 0 Å². The Labute approximate surface area is 377 Å². The number of ether oxygens (including phenoxy) is 2. The van der Waals surface area contributed by atoms with E-state index in [-0.39, 0.29) is 12.8 Å². The van der Waals surface area contributed by atoms with Crippen LogP contribution in [0.15, 0.2) is 140 Å². The van der Waals surface area contributed by atoms with E-state index in [2.05, 4.69) is 41.2 Å². The van der Waals surface area contributed by atoms with Gasteiger partial charge in [-0.15, -0.1) is 10.2 Å². The number of fused-ring (bicyclic) bond motifs is 2. The Hall–Kier alpha value is -8.73. The van der Waals surface area contributed by atoms with Gasteiger partial charge in [0.2, 0.25) is 0 Å². The van der Waals surface area contributed by atoms with Crippen LogP contribution in [-0.2, 0) is 45.0 Å². The summed E-state index contributed by atoms with van der Waals surface area (Å²) in [5, 5.41) is 24.9. The number of carbonyl (C=O) groups is 4. The first-order valence-corrected chi connectivity index (χ1v) is 21.0. The number of methoxy groups -OCH3 is 2. The van der Waals surface area contributed by atoms with Crippen LogP contribution in [0.2, 0.25) is 0 Å². The van der Waals surface area contributed by atoms with E-state index in [0.717, 1.165) is 44.1 Å². The molecule has 330 valence electrons. The zero-order valence-corrected chi connectivity index (χ0v) is 35.8. The average Bonchev–Trinajstić information content (AvgIpc) is 4.19. The molecule has 0 radical (unpaired) electrons. The van der Waals surface area contributed by atoms with E-state index in [1.54, 1.807) is 46.0 Å². The molecule has 0 bridgehead atoms. The molecule has 0 spiro atoms. The lowest BCUT2D eigenvalue weighted by Gasteiger charge is -2.16. The summed E-state index contributed by atoms with van der Waals surface area (Å²) in [5.41, 5.74) is 8.54. The number of pyridine rings is 1. The summed E-state index contributed by atoms with van der Waals surface area (Å²) in [5.74, 6) is -1.86. The summed E-state index contributed by atoms with van der Waals surface area (Å²) in [6, 6.07) is 33.4. The van der Waals surface area contributed by atoms with Crippen molar-refractivity contribution in [2.45, 2.75) is 38.0 Å². The number of nitrogens with one attached hydrogen (secondary N) is 4. The number of para-hydroxylation sites is 2. The van der Waals surface area contributed by atoms with Gasteiger partial charge in [0.15, 0.2) is 0 Å². The Morgan fingerprint density at radius 2 is 0.970 bits per heavy atom. The van der Waals surface area contributed by atoms with Gasteiger partial charge in [0, 0.05) is 58.2 Å². The molecule has 0 aliphatic carbocycles. The average molecular weight is 882 g/mol. The maximum absolute atomic E-state index is 13.3. The molecule has 5 heterocycles. The van der Waals surface area contributed by atoms with Crippen LogP contribution in [0, 0.1) is 0 Å². The van der Waals surface area contributed by atoms with Crippen LogP contribution in [0.3, 0.4) is 0 Å². The Kier molecular flexibility index (Phi) is 12.2. The van der Waals surface area contributed by atoms with Gasteiger partial charge in [-0.25, -0.2) is 23.9 Å². The third kappa shape index (κ3) is 9.45. The highest BCUT2D eigenvalue weighted by Gasteiger charge is 2.25. The third-order valence-corrected chi connectivity index (χ3v) is 11.3. The molecule has 17 nitrogen and oxygen atoms in total. The number of nitrogens with zero attached hydrogens (tertiary/aromatic N) is 7. The van der Waals surface area contributed by atoms with E-state index in [4.69, 9.17) is 14.5 Å². The van der Waals surface area contributed by atoms with E-state index in [9.17, 15) is 19.2 Å². The number of benzene rings is 4. The van der Waals surface area contributed by atoms with Gasteiger partial charge in [-0.3, -0.25) is 9.59 Å². The lowest BCUT2D eigenvalue weighted by atomic mass is 10.0. The maximum Gasteiger partial charge on any atom is 0.328 e. The third-order valence-electron chi connectivity index (χ3n) is 11.3. The second-order valence-corrected chi connectivity index (χ2v) is 15.6. The summed E-state index contributed by atoms with van der Waals surface area (Å²) in [7, 11) is 2.60. The Morgan fingerprint density at radius 1 is 0.545 bits per heavy atom. The van der Waals surface area contributed by atoms with E-state index in [1.165, 1.54) is 14.2 Å². The first kappa shape index (κ1) is 42.6. The highest BCUT2D eigenvalue weighted by atomic mass is 16.5. The number of amides is 2. The standard InChI is InChI=1S/C49H43N11O6/c1-65-48(63)42(22-34-24-50-38-10-5-3-8-36(34)38)53-46(61)32-18-14-30(15-19-32)26-59-28-44(55-57-59)40-12-7-13-41(52-40)45-29-60(58-56-45)27-31-16-20-33(21-17-31)47(62)54-43(49(64)66-2)23-35-25-51-39-11-6-4-9-37(35)39/h3-21,24-25,28-29,42-43,50-51H,22-23,26-27H2,1-2H3,(H,53,61)(H,54,62)/t42-,43-/m1/s1. The van der Waals surface area contributed by atoms with Crippen LogP contribution in [0.5, 0.6) is 0 Å². The molecule has 4 N–H and O–H groups in total. The minimum atomic E-state index is -0.875. The molecule has 0 fully saturated rings. The van der Waals surface area contributed by atoms with Gasteiger partial charge in [-0.1, -0.05) is 77.2 Å². The van der Waals surface area contributed by atoms with Crippen molar-refractivity contribution >= 4 is 45.6 Å². The van der Waals surface area contributed by atoms with E-state index in [0.29, 0.717) is 47.0 Å². The van der Waals surface area contributed by atoms with E-state index < -0.39 is 35.8 Å². The first-order chi connectivity index (χ1) is 32.2. The van der Waals surface area contributed by atoms with Crippen LogP contribution in [0.1, 0.15) is 43.0 Å². The molecule has 0 aliphatic heterocycles. The molecule has 0 saturated heterocycles. The summed E-state index contributed by atoms with van der Waals surface area (Å²) in [6.45, 7) is 0.777. The summed E-state index contributed by atoms with van der Waals surface area (Å²) >= 11 is 0. The predicted molar refractivity (Wildman–Crippen MR) is 244 cm³/mol. The molecule has 9 aromatic rings. The zero-order chi connectivity index (χ0) is 45.6. The lowest BCUT2D eigenvalue weighted by Crippen LogP contribution is -2.43. The van der Waals surface area contributed by atoms with Crippen LogP contribution < -0.4 is 10.6 Å². The van der Waals surface area contributed by atoms with Crippen molar-refractivity contribution in [2.24, 2.45) is 0 Å². The number of esters is 2. The highest BCUT2D eigenvalue weighted by molar-refractivity contribution is 5.98. The van der Waals surface area contributed by atoms with Gasteiger partial charge in [0.05, 0.1) is 51.1 Å². The molecule has 0 aliphatic rings. The number of H-pyrrole nitrogens is 2. The normalized spacial score (nSPS) is 12.2. The second kappa shape index (κ2) is 18.9. The van der Waals surface area contributed by atoms with Gasteiger partial charge in [-0.2, -0.15) is 0 Å². The topological polar surface area (TPSA) is 217 Å². The number of aromatic amines is 2. The van der Waals surface area contributed by atoms with Crippen molar-refractivity contribution in [2.75, 3.05) is 14.2 Å². The molecule has 5 aromatic heterocycles. The van der Waals surface area contributed by atoms with Gasteiger partial charge in [0.1, 0.15) is 23.5 Å². The SMILES string of the molecule is COC(=O)[C@@H](Cc1c[nH]c2ccccc12)NC(=O)c1ccc(Cn2cc(-c3cccc(-c4cn(Cc5ccc(C(=O)N[C@H](Cc6c[nH]c7ccccc67)C(=O)OC)cc5)nn4)n3)nn2)cc1. The highest BCUT2D eigenvalue weighted by Crippen LogP contribution is 2.23. The number of rotatable bonds is 16. The largest absolute Gasteiger partial charge is 0.467 e. The quantitative estimate of drug-likeness (QED) is 0.0866. The zero-order valence-electron chi connectivity index (χ0n) is 35.8. The lowest BCUT2D eigenvalue weighted by molar-refractivity contribution is -0.143. The van der Waals surface area contributed by atoms with E-state index >= 15 is 0 Å². The summed E-state index contributed by atoms with van der Waals surface area (Å²) in [4.78, 5) is 63.1. The molecular weight excluding hydrogens is 839 g/mol. The summed E-state index contributed by atoms with van der Waals surface area (Å²) in [6.07, 6.45) is 7.80. The van der Waals surface area contributed by atoms with Gasteiger partial charge < -0.3 is 30.1 Å². The molecule has 9 rings (SSSR count). The number of carbonyl (C=O) groups excluding carboxylic acids is 4. The fourth-order valence-electron chi connectivity index (χ4n) is 7.80. The summed E-state index contributed by atoms with van der Waals surface area (Å²) < 4.78 is 13.4. The Balaban J connectivity index is 0.793. The van der Waals surface area contributed by atoms with Crippen molar-refractivity contribution in [1.82, 2.24) is 55.6 Å². The second-order valence-electron chi connectivity index (χ2n) is 15.6. The minimum Gasteiger partial charge on any atom is -0.467 e. The molecule has 4 aromatic carbocycles. The van der Waals surface area contributed by atoms with Crippen LogP contribution in [0.25, 0.3) is 44.6 Å². The molecule has 66 heavy (non-hydrogen) atoms. The Bertz CT molecular complexity index is 2980. The fourth-order valence-corrected chi connectivity index (χ4v) is 7.80. The van der Waals surface area contributed by atoms with Crippen molar-refractivity contribution in [1.29, 1.82) is 0 Å². The molecule has 0 saturated carbocycles. The van der Waals surface area contributed by atoms with E-state index in [1.807, 2.05) is 103 Å². The fraction of sp³-hybridized carbons (Fsp3) is 0.163. The monoisotopic (exact) mass is 881 g/mol. The Morgan fingerprint density at radius 3 is 1.39 bits per heavy atom. The molecular formula is C49H43N11O6. The van der Waals surface area contributed by atoms with Crippen molar-refractivity contribution < 1.29 is 28.7 Å². The maximum atomic E-state index is 13.3. The van der Waals surface area contributed by atoms with Crippen LogP contribution >= 0.6 is 0 Å². The molecule has 2 atom stereocenters. The number of hydrogen-bond acceptors (Lipinski definition) is 11. The molecule has 17 heteroatoms. The smallest absolute Gasteiger partial charge is 0.328 e. The number of aromatic nitrogens is 9. The molecule has 2 amide bonds. The minimum absolute atomic E-state index is 0.268. The van der Waals surface area contributed by atoms with Crippen molar-refractivity contribution in [3.8, 4) is 22.8 Å². The molecule has 0 unspecified atom stereocenters.